The summed E-state index contributed by atoms with van der Waals surface area (Å²) in [6.45, 7) is 9.21. The quantitative estimate of drug-likeness (QED) is 0.498. The van der Waals surface area contributed by atoms with E-state index in [-0.39, 0.29) is 6.61 Å². The third kappa shape index (κ3) is 6.97. The lowest BCUT2D eigenvalue weighted by Gasteiger charge is -2.34. The van der Waals surface area contributed by atoms with Gasteiger partial charge in [-0.05, 0) is 29.2 Å². The van der Waals surface area contributed by atoms with E-state index < -0.39 is 6.10 Å². The number of benzene rings is 2. The van der Waals surface area contributed by atoms with Crippen LogP contribution in [0.4, 0.5) is 0 Å². The maximum Gasteiger partial charge on any atom is 0.0897 e. The minimum absolute atomic E-state index is 0.187. The summed E-state index contributed by atoms with van der Waals surface area (Å²) in [5.41, 5.74) is 2.22. The molecule has 1 aliphatic heterocycles. The number of hydrogen-bond acceptors (Lipinski definition) is 5. The fourth-order valence-electron chi connectivity index (χ4n) is 3.76. The Morgan fingerprint density at radius 1 is 0.969 bits per heavy atom. The van der Waals surface area contributed by atoms with Crippen LogP contribution in [-0.4, -0.2) is 72.0 Å². The Kier molecular flexibility index (Phi) is 9.93. The summed E-state index contributed by atoms with van der Waals surface area (Å²) in [7, 11) is 0. The molecule has 2 aromatic carbocycles. The van der Waals surface area contributed by atoms with Crippen LogP contribution in [0.1, 0.15) is 30.9 Å². The molecular weight excluding hydrogens is 463 g/mol. The van der Waals surface area contributed by atoms with Gasteiger partial charge in [0.05, 0.1) is 22.8 Å². The number of nitrogens with zero attached hydrogens (tertiary/aromatic N) is 2. The molecule has 1 atom stereocenters. The molecule has 1 heterocycles. The third-order valence-electron chi connectivity index (χ3n) is 5.64. The van der Waals surface area contributed by atoms with E-state index in [0.29, 0.717) is 22.5 Å². The highest BCUT2D eigenvalue weighted by atomic mass is 35.5. The lowest BCUT2D eigenvalue weighted by Crippen LogP contribution is -2.48. The monoisotopic (exact) mass is 494 g/mol. The molecule has 2 aromatic rings. The van der Waals surface area contributed by atoms with Crippen molar-refractivity contribution in [3.05, 3.63) is 63.6 Å². The zero-order valence-electron chi connectivity index (χ0n) is 18.7. The van der Waals surface area contributed by atoms with Gasteiger partial charge in [-0.2, -0.15) is 0 Å². The van der Waals surface area contributed by atoms with E-state index in [4.69, 9.17) is 28.3 Å². The largest absolute Gasteiger partial charge is 0.394 e. The van der Waals surface area contributed by atoms with Crippen LogP contribution >= 0.6 is 35.0 Å². The summed E-state index contributed by atoms with van der Waals surface area (Å²) in [4.78, 5) is 6.71. The Labute approximate surface area is 205 Å². The van der Waals surface area contributed by atoms with Crippen LogP contribution < -0.4 is 0 Å². The van der Waals surface area contributed by atoms with Crippen LogP contribution in [0.2, 0.25) is 10.0 Å². The van der Waals surface area contributed by atoms with Crippen molar-refractivity contribution in [2.24, 2.45) is 0 Å². The van der Waals surface area contributed by atoms with Crippen LogP contribution in [0.25, 0.3) is 6.08 Å². The molecule has 1 fully saturated rings. The number of aliphatic hydroxyl groups excluding tert-OH is 2. The van der Waals surface area contributed by atoms with Crippen molar-refractivity contribution in [2.45, 2.75) is 35.7 Å². The predicted octanol–water partition coefficient (Wildman–Crippen LogP) is 5.25. The number of halogens is 2. The highest BCUT2D eigenvalue weighted by Crippen LogP contribution is 2.41. The molecule has 1 unspecified atom stereocenters. The molecule has 3 rings (SSSR count). The van der Waals surface area contributed by atoms with Gasteiger partial charge >= 0.3 is 0 Å². The molecule has 7 heteroatoms. The van der Waals surface area contributed by atoms with Gasteiger partial charge in [0.25, 0.3) is 0 Å². The van der Waals surface area contributed by atoms with Gasteiger partial charge in [0, 0.05) is 49.1 Å². The number of hydrogen-bond donors (Lipinski definition) is 2. The van der Waals surface area contributed by atoms with Gasteiger partial charge in [0.2, 0.25) is 0 Å². The van der Waals surface area contributed by atoms with E-state index in [1.807, 2.05) is 18.2 Å². The fourth-order valence-corrected chi connectivity index (χ4v) is 5.47. The highest BCUT2D eigenvalue weighted by Gasteiger charge is 2.18. The molecule has 2 N–H and O–H groups in total. The molecule has 0 radical (unpaired) electrons. The van der Waals surface area contributed by atoms with Crippen LogP contribution in [-0.2, 0) is 0 Å². The van der Waals surface area contributed by atoms with Crippen molar-refractivity contribution in [1.29, 1.82) is 0 Å². The Balaban J connectivity index is 1.58. The van der Waals surface area contributed by atoms with Crippen LogP contribution in [0.3, 0.4) is 0 Å². The Morgan fingerprint density at radius 3 is 2.34 bits per heavy atom. The third-order valence-corrected chi connectivity index (χ3v) is 7.80. The maximum absolute atomic E-state index is 9.59. The van der Waals surface area contributed by atoms with Crippen LogP contribution in [0, 0.1) is 0 Å². The van der Waals surface area contributed by atoms with Gasteiger partial charge < -0.3 is 10.2 Å². The first kappa shape index (κ1) is 25.6. The summed E-state index contributed by atoms with van der Waals surface area (Å²) in [5, 5.41) is 19.8. The molecule has 0 aliphatic carbocycles. The first-order chi connectivity index (χ1) is 15.4. The second kappa shape index (κ2) is 12.4. The van der Waals surface area contributed by atoms with E-state index in [1.54, 1.807) is 11.8 Å². The average Bonchev–Trinajstić information content (AvgIpc) is 2.79. The second-order valence-electron chi connectivity index (χ2n) is 8.42. The molecular formula is C25H32Cl2N2O2S. The topological polar surface area (TPSA) is 46.9 Å². The molecule has 174 valence electrons. The van der Waals surface area contributed by atoms with Crippen molar-refractivity contribution in [3.63, 3.8) is 0 Å². The molecule has 0 saturated carbocycles. The van der Waals surface area contributed by atoms with E-state index in [2.05, 4.69) is 54.0 Å². The average molecular weight is 496 g/mol. The molecule has 0 spiro atoms. The van der Waals surface area contributed by atoms with Crippen molar-refractivity contribution in [3.8, 4) is 0 Å². The number of piperazine rings is 1. The van der Waals surface area contributed by atoms with Gasteiger partial charge in [0.15, 0.2) is 0 Å². The molecule has 0 aromatic heterocycles. The van der Waals surface area contributed by atoms with E-state index in [1.165, 1.54) is 10.5 Å². The molecule has 1 saturated heterocycles. The summed E-state index contributed by atoms with van der Waals surface area (Å²) >= 11 is 14.9. The summed E-state index contributed by atoms with van der Waals surface area (Å²) in [6, 6.07) is 12.5. The number of rotatable bonds is 9. The van der Waals surface area contributed by atoms with Crippen LogP contribution in [0.15, 0.2) is 52.3 Å². The van der Waals surface area contributed by atoms with Gasteiger partial charge in [-0.15, -0.1) is 0 Å². The zero-order valence-corrected chi connectivity index (χ0v) is 21.0. The van der Waals surface area contributed by atoms with Crippen LogP contribution in [0.5, 0.6) is 0 Å². The smallest absolute Gasteiger partial charge is 0.0897 e. The number of aliphatic hydroxyl groups is 2. The SMILES string of the molecule is CC(C)c1ccccc1Sc1ccc(/C=C/CN2CCN(CC(O)CO)CC2)c(Cl)c1Cl. The van der Waals surface area contributed by atoms with E-state index in [9.17, 15) is 5.11 Å². The first-order valence-electron chi connectivity index (χ1n) is 11.0. The van der Waals surface area contributed by atoms with Gasteiger partial charge in [-0.25, -0.2) is 0 Å². The fraction of sp³-hybridized carbons (Fsp3) is 0.440. The Bertz CT molecular complexity index is 915. The van der Waals surface area contributed by atoms with Gasteiger partial charge in [0.1, 0.15) is 0 Å². The summed E-state index contributed by atoms with van der Waals surface area (Å²) in [6.07, 6.45) is 3.50. The first-order valence-corrected chi connectivity index (χ1v) is 12.6. The second-order valence-corrected chi connectivity index (χ2v) is 10.3. The minimum atomic E-state index is -0.659. The maximum atomic E-state index is 9.59. The Hall–Kier alpha value is -1.05. The van der Waals surface area contributed by atoms with Crippen molar-refractivity contribution < 1.29 is 10.2 Å². The Morgan fingerprint density at radius 2 is 1.66 bits per heavy atom. The molecule has 1 aliphatic rings. The van der Waals surface area contributed by atoms with Crippen molar-refractivity contribution in [2.75, 3.05) is 45.9 Å². The molecule has 4 nitrogen and oxygen atoms in total. The van der Waals surface area contributed by atoms with Gasteiger partial charge in [-0.1, -0.05) is 85.2 Å². The minimum Gasteiger partial charge on any atom is -0.394 e. The lowest BCUT2D eigenvalue weighted by atomic mass is 10.0. The van der Waals surface area contributed by atoms with Gasteiger partial charge in [-0.3, -0.25) is 9.80 Å². The number of β-amino-alcohol motifs (C(OH)–C–C–N with tert-alkyl or cyclic N) is 1. The van der Waals surface area contributed by atoms with Crippen molar-refractivity contribution in [1.82, 2.24) is 9.80 Å². The standard InChI is InChI=1S/C25H32Cl2N2O2S/c1-18(2)21-7-3-4-8-22(21)32-23-10-9-19(24(26)25(23)27)6-5-11-28-12-14-29(15-13-28)16-20(31)17-30/h3-10,18,20,30-31H,11-17H2,1-2H3/b6-5+. The summed E-state index contributed by atoms with van der Waals surface area (Å²) in [5.74, 6) is 0.441. The zero-order chi connectivity index (χ0) is 23.1. The van der Waals surface area contributed by atoms with Crippen molar-refractivity contribution >= 4 is 41.0 Å². The molecule has 0 amide bonds. The predicted molar refractivity (Wildman–Crippen MR) is 136 cm³/mol. The van der Waals surface area contributed by atoms with E-state index in [0.717, 1.165) is 43.2 Å². The molecule has 32 heavy (non-hydrogen) atoms. The lowest BCUT2D eigenvalue weighted by molar-refractivity contribution is 0.0414. The van der Waals surface area contributed by atoms with E-state index >= 15 is 0 Å². The normalized spacial score (nSPS) is 16.8. The molecule has 0 bridgehead atoms. The highest BCUT2D eigenvalue weighted by molar-refractivity contribution is 7.99. The summed E-state index contributed by atoms with van der Waals surface area (Å²) < 4.78 is 0.